The molecule has 3 rings (SSSR count). The average molecular weight is 309 g/mol. The van der Waals surface area contributed by atoms with Crippen LogP contribution in [0.2, 0.25) is 5.02 Å². The van der Waals surface area contributed by atoms with Gasteiger partial charge in [-0.2, -0.15) is 5.10 Å². The van der Waals surface area contributed by atoms with Crippen LogP contribution in [0.15, 0.2) is 29.0 Å². The van der Waals surface area contributed by atoms with Crippen LogP contribution in [-0.2, 0) is 13.6 Å². The van der Waals surface area contributed by atoms with Crippen LogP contribution in [0.5, 0.6) is 0 Å². The second-order valence-electron chi connectivity index (χ2n) is 5.11. The number of hydrogen-bond donors (Lipinski definition) is 0. The first-order chi connectivity index (χ1) is 10.1. The zero-order chi connectivity index (χ0) is 14.8. The van der Waals surface area contributed by atoms with Gasteiger partial charge >= 0.3 is 0 Å². The predicted molar refractivity (Wildman–Crippen MR) is 78.1 cm³/mol. The maximum absolute atomic E-state index is 12.5. The smallest absolute Gasteiger partial charge is 0.273 e. The lowest BCUT2D eigenvalue weighted by atomic mass is 10.2. The lowest BCUT2D eigenvalue weighted by molar-refractivity contribution is 0.0610. The van der Waals surface area contributed by atoms with Gasteiger partial charge in [0.2, 0.25) is 0 Å². The van der Waals surface area contributed by atoms with Crippen molar-refractivity contribution in [2.24, 2.45) is 7.05 Å². The first-order valence-corrected chi connectivity index (χ1v) is 7.24. The number of aryl methyl sites for hydroxylation is 1. The SMILES string of the molecule is Cn1ncc(Cl)c1C(=O)N1CCN(Cc2ccco2)CC1. The van der Waals surface area contributed by atoms with Crippen molar-refractivity contribution in [3.05, 3.63) is 41.1 Å². The molecule has 112 valence electrons. The molecule has 0 aliphatic carbocycles. The summed E-state index contributed by atoms with van der Waals surface area (Å²) in [6.07, 6.45) is 3.18. The number of amides is 1. The van der Waals surface area contributed by atoms with Crippen LogP contribution in [0.25, 0.3) is 0 Å². The molecule has 2 aromatic heterocycles. The molecule has 1 fully saturated rings. The van der Waals surface area contributed by atoms with Crippen LogP contribution in [-0.4, -0.2) is 51.7 Å². The summed E-state index contributed by atoms with van der Waals surface area (Å²) in [5.74, 6) is 0.891. The fourth-order valence-corrected chi connectivity index (χ4v) is 2.78. The predicted octanol–water partition coefficient (Wildman–Crippen LogP) is 1.62. The van der Waals surface area contributed by atoms with Crippen molar-refractivity contribution in [2.45, 2.75) is 6.54 Å². The average Bonchev–Trinajstić information content (AvgIpc) is 3.09. The number of rotatable bonds is 3. The summed E-state index contributed by atoms with van der Waals surface area (Å²) in [4.78, 5) is 16.6. The van der Waals surface area contributed by atoms with Crippen molar-refractivity contribution >= 4 is 17.5 Å². The summed E-state index contributed by atoms with van der Waals surface area (Å²) in [5, 5.41) is 4.41. The van der Waals surface area contributed by atoms with E-state index in [1.165, 1.54) is 10.9 Å². The second kappa shape index (κ2) is 5.91. The maximum Gasteiger partial charge on any atom is 0.273 e. The third-order valence-electron chi connectivity index (χ3n) is 3.72. The van der Waals surface area contributed by atoms with Gasteiger partial charge in [-0.25, -0.2) is 0 Å². The van der Waals surface area contributed by atoms with Crippen LogP contribution < -0.4 is 0 Å². The molecule has 6 nitrogen and oxygen atoms in total. The largest absolute Gasteiger partial charge is 0.468 e. The number of carbonyl (C=O) groups excluding carboxylic acids is 1. The van der Waals surface area contributed by atoms with Crippen molar-refractivity contribution < 1.29 is 9.21 Å². The van der Waals surface area contributed by atoms with Gasteiger partial charge in [0.05, 0.1) is 24.0 Å². The minimum absolute atomic E-state index is 0.0577. The number of piperazine rings is 1. The Morgan fingerprint density at radius 1 is 1.38 bits per heavy atom. The van der Waals surface area contributed by atoms with Gasteiger partial charge in [0.25, 0.3) is 5.91 Å². The normalized spacial score (nSPS) is 16.4. The molecule has 0 aromatic carbocycles. The Kier molecular flexibility index (Phi) is 3.98. The van der Waals surface area contributed by atoms with E-state index in [2.05, 4.69) is 10.00 Å². The minimum Gasteiger partial charge on any atom is -0.468 e. The van der Waals surface area contributed by atoms with E-state index < -0.39 is 0 Å². The summed E-state index contributed by atoms with van der Waals surface area (Å²) in [5.41, 5.74) is 0.455. The van der Waals surface area contributed by atoms with Crippen LogP contribution in [0, 0.1) is 0 Å². The molecule has 0 saturated carbocycles. The fraction of sp³-hybridized carbons (Fsp3) is 0.429. The van der Waals surface area contributed by atoms with Crippen LogP contribution in [0.3, 0.4) is 0 Å². The molecule has 2 aromatic rings. The van der Waals surface area contributed by atoms with E-state index in [9.17, 15) is 4.79 Å². The number of furan rings is 1. The van der Waals surface area contributed by atoms with E-state index in [0.29, 0.717) is 23.8 Å². The Labute approximate surface area is 127 Å². The molecule has 1 saturated heterocycles. The molecule has 0 N–H and O–H groups in total. The van der Waals surface area contributed by atoms with E-state index in [0.717, 1.165) is 25.4 Å². The number of aromatic nitrogens is 2. The van der Waals surface area contributed by atoms with Crippen molar-refractivity contribution in [3.63, 3.8) is 0 Å². The van der Waals surface area contributed by atoms with Crippen molar-refractivity contribution in [1.82, 2.24) is 19.6 Å². The summed E-state index contributed by atoms with van der Waals surface area (Å²) in [6.45, 7) is 3.79. The minimum atomic E-state index is -0.0577. The highest BCUT2D eigenvalue weighted by molar-refractivity contribution is 6.33. The molecule has 7 heteroatoms. The van der Waals surface area contributed by atoms with Crippen molar-refractivity contribution in [2.75, 3.05) is 26.2 Å². The van der Waals surface area contributed by atoms with Gasteiger partial charge in [-0.1, -0.05) is 11.6 Å². The van der Waals surface area contributed by atoms with Crippen molar-refractivity contribution in [3.8, 4) is 0 Å². The number of carbonyl (C=O) groups is 1. The zero-order valence-corrected chi connectivity index (χ0v) is 12.6. The Bertz CT molecular complexity index is 595. The summed E-state index contributed by atoms with van der Waals surface area (Å²) in [6, 6.07) is 3.85. The molecular formula is C14H17ClN4O2. The van der Waals surface area contributed by atoms with Crippen molar-refractivity contribution in [1.29, 1.82) is 0 Å². The highest BCUT2D eigenvalue weighted by atomic mass is 35.5. The van der Waals surface area contributed by atoms with Gasteiger partial charge in [0.15, 0.2) is 0 Å². The molecule has 0 spiro atoms. The second-order valence-corrected chi connectivity index (χ2v) is 5.52. The number of nitrogens with zero attached hydrogens (tertiary/aromatic N) is 4. The van der Waals surface area contributed by atoms with Crippen LogP contribution in [0.4, 0.5) is 0 Å². The zero-order valence-electron chi connectivity index (χ0n) is 11.8. The lowest BCUT2D eigenvalue weighted by Crippen LogP contribution is -2.48. The first kappa shape index (κ1) is 14.2. The third kappa shape index (κ3) is 2.96. The van der Waals surface area contributed by atoms with Crippen LogP contribution >= 0.6 is 11.6 Å². The summed E-state index contributed by atoms with van der Waals surface area (Å²) >= 11 is 6.03. The molecule has 0 bridgehead atoms. The Hall–Kier alpha value is -1.79. The Morgan fingerprint density at radius 3 is 2.71 bits per heavy atom. The molecule has 0 radical (unpaired) electrons. The molecule has 1 aliphatic rings. The Morgan fingerprint density at radius 2 is 2.14 bits per heavy atom. The van der Waals surface area contributed by atoms with Gasteiger partial charge < -0.3 is 9.32 Å². The van der Waals surface area contributed by atoms with Gasteiger partial charge in [-0.05, 0) is 12.1 Å². The fourth-order valence-electron chi connectivity index (χ4n) is 2.53. The van der Waals surface area contributed by atoms with E-state index >= 15 is 0 Å². The Balaban J connectivity index is 1.59. The molecular weight excluding hydrogens is 292 g/mol. The van der Waals surface area contributed by atoms with E-state index in [4.69, 9.17) is 16.0 Å². The van der Waals surface area contributed by atoms with Gasteiger partial charge in [-0.15, -0.1) is 0 Å². The van der Waals surface area contributed by atoms with Gasteiger partial charge in [0.1, 0.15) is 11.5 Å². The van der Waals surface area contributed by atoms with E-state index in [1.807, 2.05) is 17.0 Å². The first-order valence-electron chi connectivity index (χ1n) is 6.86. The van der Waals surface area contributed by atoms with Crippen LogP contribution in [0.1, 0.15) is 16.2 Å². The highest BCUT2D eigenvalue weighted by Crippen LogP contribution is 2.18. The monoisotopic (exact) mass is 308 g/mol. The van der Waals surface area contributed by atoms with E-state index in [1.54, 1.807) is 13.3 Å². The lowest BCUT2D eigenvalue weighted by Gasteiger charge is -2.34. The standard InChI is InChI=1S/C14H17ClN4O2/c1-17-13(12(15)9-16-17)14(20)19-6-4-18(5-7-19)10-11-3-2-8-21-11/h2-3,8-9H,4-7,10H2,1H3. The number of halogens is 1. The molecule has 1 amide bonds. The topological polar surface area (TPSA) is 54.5 Å². The third-order valence-corrected chi connectivity index (χ3v) is 3.99. The molecule has 3 heterocycles. The molecule has 1 aliphatic heterocycles. The van der Waals surface area contributed by atoms with E-state index in [-0.39, 0.29) is 5.91 Å². The molecule has 0 unspecified atom stereocenters. The van der Waals surface area contributed by atoms with Gasteiger partial charge in [-0.3, -0.25) is 14.4 Å². The maximum atomic E-state index is 12.5. The summed E-state index contributed by atoms with van der Waals surface area (Å²) < 4.78 is 6.88. The number of hydrogen-bond acceptors (Lipinski definition) is 4. The quantitative estimate of drug-likeness (QED) is 0.865. The molecule has 0 atom stereocenters. The summed E-state index contributed by atoms with van der Waals surface area (Å²) in [7, 11) is 1.73. The molecule has 21 heavy (non-hydrogen) atoms. The highest BCUT2D eigenvalue weighted by Gasteiger charge is 2.26. The van der Waals surface area contributed by atoms with Gasteiger partial charge in [0, 0.05) is 33.2 Å².